The second-order valence-corrected chi connectivity index (χ2v) is 11.7. The number of aryl methyl sites for hydroxylation is 1. The van der Waals surface area contributed by atoms with Crippen molar-refractivity contribution in [3.05, 3.63) is 69.8 Å². The fourth-order valence-electron chi connectivity index (χ4n) is 4.81. The minimum atomic E-state index is -3.98. The first kappa shape index (κ1) is 29.1. The molecule has 10 nitrogen and oxygen atoms in total. The predicted octanol–water partition coefficient (Wildman–Crippen LogP) is 3.93. The molecule has 2 amide bonds. The smallest absolute Gasteiger partial charge is 0.271 e. The molecule has 1 atom stereocenters. The lowest BCUT2D eigenvalue weighted by molar-refractivity contribution is -0.384. The summed E-state index contributed by atoms with van der Waals surface area (Å²) in [6.07, 6.45) is 6.29. The van der Waals surface area contributed by atoms with Crippen LogP contribution in [0.2, 0.25) is 0 Å². The standard InChI is InChI=1S/C27H36N4O6S/c1-4-25(27(33)28-22-13-6-5-7-14-22)29(18-21-12-9-8-11-20(21)2)26(32)19-30(38(3,36)37)23-15-10-16-24(17-23)31(34)35/h8-12,15-17,22,25H,4-7,13-14,18-19H2,1-3H3,(H,28,33)/t25-/m0/s1. The van der Waals surface area contributed by atoms with E-state index >= 15 is 0 Å². The fraction of sp³-hybridized carbons (Fsp3) is 0.481. The molecule has 0 bridgehead atoms. The van der Waals surface area contributed by atoms with E-state index in [1.54, 1.807) is 0 Å². The van der Waals surface area contributed by atoms with Gasteiger partial charge in [0.25, 0.3) is 5.69 Å². The summed E-state index contributed by atoms with van der Waals surface area (Å²) >= 11 is 0. The van der Waals surface area contributed by atoms with Crippen molar-refractivity contribution in [2.24, 2.45) is 0 Å². The van der Waals surface area contributed by atoms with E-state index in [1.807, 2.05) is 38.1 Å². The van der Waals surface area contributed by atoms with E-state index in [2.05, 4.69) is 5.32 Å². The monoisotopic (exact) mass is 544 g/mol. The van der Waals surface area contributed by atoms with E-state index in [1.165, 1.54) is 23.1 Å². The van der Waals surface area contributed by atoms with Gasteiger partial charge in [-0.2, -0.15) is 0 Å². The van der Waals surface area contributed by atoms with Gasteiger partial charge in [0, 0.05) is 24.7 Å². The molecule has 1 fully saturated rings. The molecule has 2 aromatic carbocycles. The van der Waals surface area contributed by atoms with E-state index in [-0.39, 0.29) is 29.9 Å². The number of benzene rings is 2. The van der Waals surface area contributed by atoms with Gasteiger partial charge < -0.3 is 10.2 Å². The molecule has 1 aliphatic carbocycles. The first-order valence-electron chi connectivity index (χ1n) is 12.9. The van der Waals surface area contributed by atoms with Gasteiger partial charge in [-0.05, 0) is 43.4 Å². The van der Waals surface area contributed by atoms with E-state index in [0.29, 0.717) is 6.42 Å². The quantitative estimate of drug-likeness (QED) is 0.337. The van der Waals surface area contributed by atoms with Crippen molar-refractivity contribution in [1.29, 1.82) is 0 Å². The third-order valence-corrected chi connectivity index (χ3v) is 8.09. The topological polar surface area (TPSA) is 130 Å². The lowest BCUT2D eigenvalue weighted by Gasteiger charge is -2.34. The number of nitrogens with one attached hydrogen (secondary N) is 1. The Kier molecular flexibility index (Phi) is 9.84. The minimum Gasteiger partial charge on any atom is -0.352 e. The molecule has 0 unspecified atom stereocenters. The molecule has 38 heavy (non-hydrogen) atoms. The number of non-ortho nitro benzene ring substituents is 1. The largest absolute Gasteiger partial charge is 0.352 e. The lowest BCUT2D eigenvalue weighted by Crippen LogP contribution is -2.54. The first-order valence-corrected chi connectivity index (χ1v) is 14.7. The summed E-state index contributed by atoms with van der Waals surface area (Å²) in [7, 11) is -3.98. The summed E-state index contributed by atoms with van der Waals surface area (Å²) in [6, 6.07) is 11.9. The summed E-state index contributed by atoms with van der Waals surface area (Å²) < 4.78 is 26.3. The van der Waals surface area contributed by atoms with Gasteiger partial charge in [-0.15, -0.1) is 0 Å². The summed E-state index contributed by atoms with van der Waals surface area (Å²) in [4.78, 5) is 39.3. The number of nitro benzene ring substituents is 1. The maximum atomic E-state index is 13.8. The van der Waals surface area contributed by atoms with Crippen LogP contribution in [-0.4, -0.2) is 54.9 Å². The average Bonchev–Trinajstić information content (AvgIpc) is 2.88. The highest BCUT2D eigenvalue weighted by Gasteiger charge is 2.33. The van der Waals surface area contributed by atoms with Crippen molar-refractivity contribution in [3.8, 4) is 0 Å². The molecule has 1 N–H and O–H groups in total. The molecule has 206 valence electrons. The van der Waals surface area contributed by atoms with Crippen LogP contribution in [0.1, 0.15) is 56.6 Å². The normalized spacial score (nSPS) is 14.9. The van der Waals surface area contributed by atoms with Crippen LogP contribution in [-0.2, 0) is 26.2 Å². The number of hydrogen-bond acceptors (Lipinski definition) is 6. The van der Waals surface area contributed by atoms with Crippen LogP contribution in [0, 0.1) is 17.0 Å². The second-order valence-electron chi connectivity index (χ2n) is 9.76. The molecule has 0 aromatic heterocycles. The molecular weight excluding hydrogens is 508 g/mol. The van der Waals surface area contributed by atoms with Gasteiger partial charge >= 0.3 is 0 Å². The van der Waals surface area contributed by atoms with Crippen LogP contribution in [0.5, 0.6) is 0 Å². The van der Waals surface area contributed by atoms with Crippen LogP contribution in [0.15, 0.2) is 48.5 Å². The van der Waals surface area contributed by atoms with E-state index < -0.39 is 33.4 Å². The molecular formula is C27H36N4O6S. The molecule has 11 heteroatoms. The van der Waals surface area contributed by atoms with Gasteiger partial charge in [0.05, 0.1) is 16.9 Å². The van der Waals surface area contributed by atoms with Crippen molar-refractivity contribution < 1.29 is 22.9 Å². The Hall–Kier alpha value is -3.47. The fourth-order valence-corrected chi connectivity index (χ4v) is 5.65. The third-order valence-electron chi connectivity index (χ3n) is 6.95. The molecule has 0 spiro atoms. The van der Waals surface area contributed by atoms with Crippen LogP contribution in [0.25, 0.3) is 0 Å². The Morgan fingerprint density at radius 3 is 2.39 bits per heavy atom. The number of anilines is 1. The summed E-state index contributed by atoms with van der Waals surface area (Å²) in [5.74, 6) is -0.835. The zero-order valence-electron chi connectivity index (χ0n) is 22.1. The lowest BCUT2D eigenvalue weighted by atomic mass is 9.95. The van der Waals surface area contributed by atoms with Gasteiger partial charge in [0.15, 0.2) is 0 Å². The van der Waals surface area contributed by atoms with Crippen LogP contribution < -0.4 is 9.62 Å². The Morgan fingerprint density at radius 1 is 1.11 bits per heavy atom. The molecule has 0 radical (unpaired) electrons. The Morgan fingerprint density at radius 2 is 1.79 bits per heavy atom. The number of carbonyl (C=O) groups is 2. The summed E-state index contributed by atoms with van der Waals surface area (Å²) in [6.45, 7) is 3.25. The third kappa shape index (κ3) is 7.53. The molecule has 1 aliphatic rings. The van der Waals surface area contributed by atoms with Gasteiger partial charge in [0.1, 0.15) is 12.6 Å². The predicted molar refractivity (Wildman–Crippen MR) is 146 cm³/mol. The van der Waals surface area contributed by atoms with Crippen molar-refractivity contribution in [2.45, 2.75) is 71.0 Å². The van der Waals surface area contributed by atoms with Crippen LogP contribution >= 0.6 is 0 Å². The van der Waals surface area contributed by atoms with Crippen molar-refractivity contribution in [1.82, 2.24) is 10.2 Å². The molecule has 2 aromatic rings. The van der Waals surface area contributed by atoms with Crippen LogP contribution in [0.3, 0.4) is 0 Å². The van der Waals surface area contributed by atoms with E-state index in [9.17, 15) is 28.1 Å². The highest BCUT2D eigenvalue weighted by atomic mass is 32.2. The molecule has 3 rings (SSSR count). The highest BCUT2D eigenvalue weighted by molar-refractivity contribution is 7.92. The molecule has 1 saturated carbocycles. The van der Waals surface area contributed by atoms with Crippen molar-refractivity contribution >= 4 is 33.2 Å². The first-order chi connectivity index (χ1) is 18.0. The van der Waals surface area contributed by atoms with Crippen molar-refractivity contribution in [2.75, 3.05) is 17.1 Å². The molecule has 0 heterocycles. The zero-order valence-corrected chi connectivity index (χ0v) is 22.9. The summed E-state index contributed by atoms with van der Waals surface area (Å²) in [5.41, 5.74) is 1.49. The second kappa shape index (κ2) is 12.9. The van der Waals surface area contributed by atoms with E-state index in [4.69, 9.17) is 0 Å². The Labute approximate surface area is 224 Å². The highest BCUT2D eigenvalue weighted by Crippen LogP contribution is 2.25. The number of rotatable bonds is 11. The minimum absolute atomic E-state index is 0.00518. The SMILES string of the molecule is CC[C@@H](C(=O)NC1CCCCC1)N(Cc1ccccc1C)C(=O)CN(c1cccc([N+](=O)[O-])c1)S(C)(=O)=O. The number of nitrogens with zero attached hydrogens (tertiary/aromatic N) is 3. The number of hydrogen-bond donors (Lipinski definition) is 1. The van der Waals surface area contributed by atoms with Gasteiger partial charge in [-0.3, -0.25) is 24.0 Å². The van der Waals surface area contributed by atoms with Gasteiger partial charge in [-0.25, -0.2) is 8.42 Å². The maximum Gasteiger partial charge on any atom is 0.271 e. The Balaban J connectivity index is 1.95. The average molecular weight is 545 g/mol. The number of amides is 2. The van der Waals surface area contributed by atoms with Gasteiger partial charge in [0.2, 0.25) is 21.8 Å². The van der Waals surface area contributed by atoms with Crippen LogP contribution in [0.4, 0.5) is 11.4 Å². The molecule has 0 saturated heterocycles. The number of nitro groups is 1. The number of carbonyl (C=O) groups excluding carboxylic acids is 2. The number of sulfonamides is 1. The molecule has 0 aliphatic heterocycles. The van der Waals surface area contributed by atoms with Gasteiger partial charge in [-0.1, -0.05) is 56.5 Å². The maximum absolute atomic E-state index is 13.8. The van der Waals surface area contributed by atoms with E-state index in [0.717, 1.165) is 59.9 Å². The van der Waals surface area contributed by atoms with Crippen molar-refractivity contribution in [3.63, 3.8) is 0 Å². The Bertz CT molecular complexity index is 1260. The summed E-state index contributed by atoms with van der Waals surface area (Å²) in [5, 5.41) is 14.4. The zero-order chi connectivity index (χ0) is 27.9.